The van der Waals surface area contributed by atoms with Crippen molar-refractivity contribution in [1.29, 1.82) is 0 Å². The monoisotopic (exact) mass is 396 g/mol. The Morgan fingerprint density at radius 1 is 1.14 bits per heavy atom. The van der Waals surface area contributed by atoms with Gasteiger partial charge in [-0.25, -0.2) is 4.79 Å². The second-order valence-electron chi connectivity index (χ2n) is 7.25. The number of rotatable bonds is 9. The molecule has 154 valence electrons. The summed E-state index contributed by atoms with van der Waals surface area (Å²) in [6.45, 7) is 2.69. The van der Waals surface area contributed by atoms with Crippen molar-refractivity contribution >= 4 is 11.9 Å². The van der Waals surface area contributed by atoms with Crippen LogP contribution in [0.5, 0.6) is 11.5 Å². The van der Waals surface area contributed by atoms with Gasteiger partial charge in [0.1, 0.15) is 11.5 Å². The van der Waals surface area contributed by atoms with Gasteiger partial charge in [0.05, 0.1) is 12.5 Å². The summed E-state index contributed by atoms with van der Waals surface area (Å²) >= 11 is 0. The molecule has 2 aromatic rings. The van der Waals surface area contributed by atoms with Gasteiger partial charge in [-0.2, -0.15) is 0 Å². The Morgan fingerprint density at radius 3 is 2.66 bits per heavy atom. The lowest BCUT2D eigenvalue weighted by atomic mass is 10.0. The predicted octanol–water partition coefficient (Wildman–Crippen LogP) is 2.69. The molecule has 7 heteroatoms. The van der Waals surface area contributed by atoms with Gasteiger partial charge in [0.25, 0.3) is 0 Å². The summed E-state index contributed by atoms with van der Waals surface area (Å²) in [6, 6.07) is 15.5. The standard InChI is InChI=1S/C22H28N4O3/c23-22(28)26-20(14-21(27)25-12-10-16-9-11-24-15-16)17-5-4-8-19(13-17)29-18-6-2-1-3-7-18/h1-8,13,16,20,24H,9-12,14-15H2,(H,25,27)(H3,23,26,28). The van der Waals surface area contributed by atoms with E-state index in [9.17, 15) is 9.59 Å². The molecule has 0 spiro atoms. The molecule has 0 aromatic heterocycles. The summed E-state index contributed by atoms with van der Waals surface area (Å²) in [5, 5.41) is 8.93. The number of urea groups is 1. The topological polar surface area (TPSA) is 105 Å². The number of hydrogen-bond acceptors (Lipinski definition) is 4. The number of nitrogens with one attached hydrogen (secondary N) is 3. The molecule has 0 saturated carbocycles. The number of nitrogens with two attached hydrogens (primary N) is 1. The molecule has 1 heterocycles. The fraction of sp³-hybridized carbons (Fsp3) is 0.364. The lowest BCUT2D eigenvalue weighted by Crippen LogP contribution is -2.37. The predicted molar refractivity (Wildman–Crippen MR) is 112 cm³/mol. The number of primary amides is 1. The summed E-state index contributed by atoms with van der Waals surface area (Å²) in [5.74, 6) is 1.83. The first-order chi connectivity index (χ1) is 14.1. The molecule has 0 aliphatic carbocycles. The number of para-hydroxylation sites is 1. The van der Waals surface area contributed by atoms with Crippen LogP contribution in [0, 0.1) is 5.92 Å². The zero-order valence-corrected chi connectivity index (χ0v) is 16.4. The number of hydrogen-bond donors (Lipinski definition) is 4. The SMILES string of the molecule is NC(=O)NC(CC(=O)NCCC1CCNC1)c1cccc(Oc2ccccc2)c1. The van der Waals surface area contributed by atoms with E-state index in [1.807, 2.05) is 54.6 Å². The molecule has 0 bridgehead atoms. The molecular weight excluding hydrogens is 368 g/mol. The van der Waals surface area contributed by atoms with E-state index in [4.69, 9.17) is 10.5 Å². The first-order valence-electron chi connectivity index (χ1n) is 9.96. The van der Waals surface area contributed by atoms with Crippen molar-refractivity contribution in [3.8, 4) is 11.5 Å². The molecule has 3 rings (SSSR count). The fourth-order valence-corrected chi connectivity index (χ4v) is 3.48. The summed E-state index contributed by atoms with van der Waals surface area (Å²) in [4.78, 5) is 23.9. The minimum Gasteiger partial charge on any atom is -0.457 e. The highest BCUT2D eigenvalue weighted by Crippen LogP contribution is 2.26. The van der Waals surface area contributed by atoms with Crippen molar-refractivity contribution in [2.75, 3.05) is 19.6 Å². The van der Waals surface area contributed by atoms with Gasteiger partial charge in [0, 0.05) is 6.54 Å². The molecule has 1 aliphatic heterocycles. The third kappa shape index (κ3) is 6.80. The maximum atomic E-state index is 12.4. The molecule has 5 N–H and O–H groups in total. The van der Waals surface area contributed by atoms with Crippen LogP contribution in [-0.4, -0.2) is 31.6 Å². The van der Waals surface area contributed by atoms with Gasteiger partial charge in [-0.15, -0.1) is 0 Å². The Kier molecular flexibility index (Phi) is 7.47. The minimum absolute atomic E-state index is 0.112. The molecule has 1 fully saturated rings. The van der Waals surface area contributed by atoms with Gasteiger partial charge in [-0.1, -0.05) is 30.3 Å². The average molecular weight is 396 g/mol. The molecule has 7 nitrogen and oxygen atoms in total. The Bertz CT molecular complexity index is 807. The highest BCUT2D eigenvalue weighted by molar-refractivity contribution is 5.78. The van der Waals surface area contributed by atoms with Crippen molar-refractivity contribution in [2.24, 2.45) is 11.7 Å². The normalized spacial score (nSPS) is 16.8. The van der Waals surface area contributed by atoms with Crippen molar-refractivity contribution in [2.45, 2.75) is 25.3 Å². The summed E-state index contributed by atoms with van der Waals surface area (Å²) in [7, 11) is 0. The van der Waals surface area contributed by atoms with E-state index < -0.39 is 12.1 Å². The number of benzene rings is 2. The zero-order valence-electron chi connectivity index (χ0n) is 16.4. The van der Waals surface area contributed by atoms with Gasteiger partial charge in [-0.3, -0.25) is 4.79 Å². The number of carbonyl (C=O) groups is 2. The molecule has 2 aromatic carbocycles. The van der Waals surface area contributed by atoms with Crippen molar-refractivity contribution in [1.82, 2.24) is 16.0 Å². The van der Waals surface area contributed by atoms with Crippen LogP contribution in [0.15, 0.2) is 54.6 Å². The van der Waals surface area contributed by atoms with Crippen LogP contribution < -0.4 is 26.4 Å². The highest BCUT2D eigenvalue weighted by atomic mass is 16.5. The van der Waals surface area contributed by atoms with Crippen LogP contribution in [0.3, 0.4) is 0 Å². The van der Waals surface area contributed by atoms with Crippen LogP contribution in [0.25, 0.3) is 0 Å². The van der Waals surface area contributed by atoms with Crippen LogP contribution in [0.2, 0.25) is 0 Å². The van der Waals surface area contributed by atoms with E-state index >= 15 is 0 Å². The van der Waals surface area contributed by atoms with E-state index in [-0.39, 0.29) is 12.3 Å². The smallest absolute Gasteiger partial charge is 0.312 e. The van der Waals surface area contributed by atoms with E-state index in [1.54, 1.807) is 0 Å². The van der Waals surface area contributed by atoms with E-state index in [1.165, 1.54) is 0 Å². The van der Waals surface area contributed by atoms with Crippen LogP contribution in [0.1, 0.15) is 30.9 Å². The van der Waals surface area contributed by atoms with E-state index in [0.29, 0.717) is 24.0 Å². The Hall–Kier alpha value is -3.06. The van der Waals surface area contributed by atoms with E-state index in [2.05, 4.69) is 16.0 Å². The van der Waals surface area contributed by atoms with Crippen LogP contribution >= 0.6 is 0 Å². The second kappa shape index (κ2) is 10.5. The van der Waals surface area contributed by atoms with Crippen molar-refractivity contribution in [3.63, 3.8) is 0 Å². The number of carbonyl (C=O) groups excluding carboxylic acids is 2. The lowest BCUT2D eigenvalue weighted by Gasteiger charge is -2.19. The number of amides is 3. The first-order valence-corrected chi connectivity index (χ1v) is 9.96. The maximum Gasteiger partial charge on any atom is 0.312 e. The third-order valence-electron chi connectivity index (χ3n) is 4.98. The molecule has 1 saturated heterocycles. The molecule has 0 radical (unpaired) electrons. The maximum absolute atomic E-state index is 12.4. The molecule has 29 heavy (non-hydrogen) atoms. The van der Waals surface area contributed by atoms with Gasteiger partial charge in [0.15, 0.2) is 0 Å². The Labute approximate surface area is 171 Å². The zero-order chi connectivity index (χ0) is 20.5. The highest BCUT2D eigenvalue weighted by Gasteiger charge is 2.19. The molecule has 2 unspecified atom stereocenters. The second-order valence-corrected chi connectivity index (χ2v) is 7.25. The van der Waals surface area contributed by atoms with Crippen LogP contribution in [0.4, 0.5) is 4.79 Å². The lowest BCUT2D eigenvalue weighted by molar-refractivity contribution is -0.121. The Morgan fingerprint density at radius 2 is 1.93 bits per heavy atom. The molecule has 2 atom stereocenters. The largest absolute Gasteiger partial charge is 0.457 e. The minimum atomic E-state index is -0.672. The summed E-state index contributed by atoms with van der Waals surface area (Å²) in [5.41, 5.74) is 6.09. The van der Waals surface area contributed by atoms with Gasteiger partial charge in [-0.05, 0) is 61.7 Å². The third-order valence-corrected chi connectivity index (χ3v) is 4.98. The van der Waals surface area contributed by atoms with Gasteiger partial charge < -0.3 is 26.4 Å². The van der Waals surface area contributed by atoms with Crippen molar-refractivity contribution in [3.05, 3.63) is 60.2 Å². The summed E-state index contributed by atoms with van der Waals surface area (Å²) in [6.07, 6.45) is 2.21. The quantitative estimate of drug-likeness (QED) is 0.523. The van der Waals surface area contributed by atoms with Crippen molar-refractivity contribution < 1.29 is 14.3 Å². The fourth-order valence-electron chi connectivity index (χ4n) is 3.48. The first kappa shape index (κ1) is 20.7. The molecule has 1 aliphatic rings. The van der Waals surface area contributed by atoms with Gasteiger partial charge >= 0.3 is 6.03 Å². The van der Waals surface area contributed by atoms with Crippen LogP contribution in [-0.2, 0) is 4.79 Å². The Balaban J connectivity index is 1.60. The van der Waals surface area contributed by atoms with E-state index in [0.717, 1.165) is 31.5 Å². The number of ether oxygens (including phenoxy) is 1. The van der Waals surface area contributed by atoms with Gasteiger partial charge in [0.2, 0.25) is 5.91 Å². The average Bonchev–Trinajstić information content (AvgIpc) is 3.22. The molecular formula is C22H28N4O3. The summed E-state index contributed by atoms with van der Waals surface area (Å²) < 4.78 is 5.85. The molecule has 3 amide bonds.